The first-order valence-electron chi connectivity index (χ1n) is 11.0. The highest BCUT2D eigenvalue weighted by Gasteiger charge is 2.44. The summed E-state index contributed by atoms with van der Waals surface area (Å²) in [5.41, 5.74) is 2.00. The average molecular weight is 449 g/mol. The van der Waals surface area contributed by atoms with Crippen molar-refractivity contribution in [3.05, 3.63) is 82.0 Å². The predicted molar refractivity (Wildman–Crippen MR) is 128 cm³/mol. The number of carbonyl (C=O) groups excluding carboxylic acids is 2. The molecule has 5 nitrogen and oxygen atoms in total. The van der Waals surface area contributed by atoms with E-state index >= 15 is 0 Å². The summed E-state index contributed by atoms with van der Waals surface area (Å²) >= 11 is 1.58. The van der Waals surface area contributed by atoms with Gasteiger partial charge in [0.2, 0.25) is 5.91 Å². The highest BCUT2D eigenvalue weighted by atomic mass is 32.1. The molecule has 1 aliphatic rings. The molecular weight excluding hydrogens is 420 g/mol. The van der Waals surface area contributed by atoms with Gasteiger partial charge in [-0.25, -0.2) is 0 Å². The van der Waals surface area contributed by atoms with Crippen LogP contribution in [0.4, 0.5) is 5.69 Å². The largest absolute Gasteiger partial charge is 0.492 e. The molecule has 0 aliphatic carbocycles. The third-order valence-electron chi connectivity index (χ3n) is 5.56. The topological polar surface area (TPSA) is 58.6 Å². The lowest BCUT2D eigenvalue weighted by Crippen LogP contribution is -2.47. The minimum absolute atomic E-state index is 0.0218. The molecule has 2 atom stereocenters. The summed E-state index contributed by atoms with van der Waals surface area (Å²) in [4.78, 5) is 30.2. The van der Waals surface area contributed by atoms with Crippen LogP contribution >= 0.6 is 11.3 Å². The number of thiophene rings is 1. The lowest BCUT2D eigenvalue weighted by atomic mass is 9.81. The quantitative estimate of drug-likeness (QED) is 0.503. The highest BCUT2D eigenvalue weighted by molar-refractivity contribution is 7.10. The number of rotatable bonds is 7. The van der Waals surface area contributed by atoms with Crippen molar-refractivity contribution in [2.45, 2.75) is 32.7 Å². The average Bonchev–Trinajstić information content (AvgIpc) is 3.31. The summed E-state index contributed by atoms with van der Waals surface area (Å²) in [6, 6.07) is 18.5. The number of benzene rings is 2. The van der Waals surface area contributed by atoms with E-state index in [-0.39, 0.29) is 23.8 Å². The van der Waals surface area contributed by atoms with Crippen molar-refractivity contribution in [3.63, 3.8) is 0 Å². The zero-order valence-electron chi connectivity index (χ0n) is 18.6. The van der Waals surface area contributed by atoms with E-state index in [1.807, 2.05) is 77.9 Å². The molecule has 6 heteroatoms. The van der Waals surface area contributed by atoms with Crippen molar-refractivity contribution in [1.29, 1.82) is 0 Å². The van der Waals surface area contributed by atoms with Crippen LogP contribution in [-0.4, -0.2) is 29.9 Å². The molecule has 1 aromatic heterocycles. The molecule has 0 unspecified atom stereocenters. The van der Waals surface area contributed by atoms with E-state index in [4.69, 9.17) is 4.74 Å². The second-order valence-corrected chi connectivity index (χ2v) is 9.27. The number of nitrogens with one attached hydrogen (secondary N) is 1. The molecule has 0 saturated carbocycles. The zero-order chi connectivity index (χ0) is 22.7. The van der Waals surface area contributed by atoms with E-state index in [9.17, 15) is 9.59 Å². The minimum Gasteiger partial charge on any atom is -0.492 e. The summed E-state index contributed by atoms with van der Waals surface area (Å²) in [6.07, 6.45) is 0. The summed E-state index contributed by atoms with van der Waals surface area (Å²) in [5, 5.41) is 5.08. The van der Waals surface area contributed by atoms with E-state index in [0.717, 1.165) is 10.4 Å². The van der Waals surface area contributed by atoms with Crippen LogP contribution in [0.15, 0.2) is 66.0 Å². The molecule has 166 valence electrons. The van der Waals surface area contributed by atoms with E-state index in [1.165, 1.54) is 0 Å². The molecule has 0 fully saturated rings. The van der Waals surface area contributed by atoms with Gasteiger partial charge in [0.15, 0.2) is 0 Å². The fourth-order valence-electron chi connectivity index (χ4n) is 4.31. The number of amides is 2. The van der Waals surface area contributed by atoms with Crippen LogP contribution in [0.3, 0.4) is 0 Å². The van der Waals surface area contributed by atoms with Crippen LogP contribution in [0.1, 0.15) is 53.5 Å². The molecule has 1 aliphatic heterocycles. The van der Waals surface area contributed by atoms with Crippen LogP contribution in [0.5, 0.6) is 5.75 Å². The number of fused-ring (bicyclic) bond motifs is 1. The Labute approximate surface area is 193 Å². The molecule has 0 saturated heterocycles. The van der Waals surface area contributed by atoms with Crippen LogP contribution in [0.2, 0.25) is 0 Å². The van der Waals surface area contributed by atoms with E-state index < -0.39 is 5.92 Å². The summed E-state index contributed by atoms with van der Waals surface area (Å²) in [7, 11) is 0. The molecule has 0 bridgehead atoms. The Morgan fingerprint density at radius 2 is 1.84 bits per heavy atom. The summed E-state index contributed by atoms with van der Waals surface area (Å²) in [6.45, 7) is 7.18. The maximum Gasteiger partial charge on any atom is 0.254 e. The molecule has 1 N–H and O–H groups in total. The minimum atomic E-state index is -0.531. The smallest absolute Gasteiger partial charge is 0.254 e. The second-order valence-electron chi connectivity index (χ2n) is 8.29. The van der Waals surface area contributed by atoms with Crippen LogP contribution in [-0.2, 0) is 4.79 Å². The van der Waals surface area contributed by atoms with Crippen LogP contribution in [0.25, 0.3) is 0 Å². The number of nitrogens with zero attached hydrogens (tertiary/aromatic N) is 1. The number of hydrogen-bond acceptors (Lipinski definition) is 4. The van der Waals surface area contributed by atoms with Crippen LogP contribution < -0.4 is 10.1 Å². The Morgan fingerprint density at radius 1 is 1.09 bits per heavy atom. The van der Waals surface area contributed by atoms with Gasteiger partial charge in [0.25, 0.3) is 5.91 Å². The van der Waals surface area contributed by atoms with Crippen LogP contribution in [0, 0.1) is 5.92 Å². The Balaban J connectivity index is 1.80. The summed E-state index contributed by atoms with van der Waals surface area (Å²) < 4.78 is 5.71. The van der Waals surface area contributed by atoms with Gasteiger partial charge in [-0.1, -0.05) is 50.2 Å². The molecule has 2 amide bonds. The molecular formula is C26H28N2O3S. The normalized spacial score (nSPS) is 17.9. The van der Waals surface area contributed by atoms with Crippen molar-refractivity contribution in [2.75, 3.05) is 18.5 Å². The van der Waals surface area contributed by atoms with Crippen molar-refractivity contribution in [1.82, 2.24) is 4.90 Å². The zero-order valence-corrected chi connectivity index (χ0v) is 19.4. The lowest BCUT2D eigenvalue weighted by Gasteiger charge is -2.42. The molecule has 4 rings (SSSR count). The van der Waals surface area contributed by atoms with Crippen molar-refractivity contribution < 1.29 is 14.3 Å². The maximum atomic E-state index is 13.8. The fraction of sp³-hybridized carbons (Fsp3) is 0.308. The van der Waals surface area contributed by atoms with E-state index in [1.54, 1.807) is 11.3 Å². The van der Waals surface area contributed by atoms with Crippen molar-refractivity contribution in [3.8, 4) is 5.75 Å². The van der Waals surface area contributed by atoms with E-state index in [0.29, 0.717) is 30.2 Å². The molecule has 2 heterocycles. The first kappa shape index (κ1) is 22.1. The van der Waals surface area contributed by atoms with Crippen molar-refractivity contribution >= 4 is 28.8 Å². The molecule has 2 aromatic carbocycles. The Bertz CT molecular complexity index is 1090. The Hall–Kier alpha value is -3.12. The fourth-order valence-corrected chi connectivity index (χ4v) is 5.18. The van der Waals surface area contributed by atoms with Gasteiger partial charge >= 0.3 is 0 Å². The van der Waals surface area contributed by atoms with Gasteiger partial charge in [-0.05, 0) is 48.1 Å². The number of carbonyl (C=O) groups is 2. The predicted octanol–water partition coefficient (Wildman–Crippen LogP) is 5.72. The van der Waals surface area contributed by atoms with Gasteiger partial charge in [0.05, 0.1) is 24.3 Å². The first-order valence-corrected chi connectivity index (χ1v) is 11.8. The van der Waals surface area contributed by atoms with Gasteiger partial charge < -0.3 is 15.0 Å². The standard InChI is InChI=1S/C26H28N2O3S/c1-4-31-21-13-8-7-12-20(21)27-25(29)23-18-10-5-6-11-19(18)26(30)28(16-17(2)3)24(23)22-14-9-15-32-22/h5-15,17,23-24H,4,16H2,1-3H3,(H,27,29)/t23-,24-/m0/s1. The lowest BCUT2D eigenvalue weighted by molar-refractivity contribution is -0.119. The third kappa shape index (κ3) is 4.28. The number of anilines is 1. The number of para-hydroxylation sites is 2. The molecule has 32 heavy (non-hydrogen) atoms. The van der Waals surface area contributed by atoms with E-state index in [2.05, 4.69) is 19.2 Å². The molecule has 3 aromatic rings. The monoisotopic (exact) mass is 448 g/mol. The van der Waals surface area contributed by atoms with Gasteiger partial charge in [-0.2, -0.15) is 0 Å². The van der Waals surface area contributed by atoms with Gasteiger partial charge in [-0.3, -0.25) is 9.59 Å². The Morgan fingerprint density at radius 3 is 2.56 bits per heavy atom. The molecule has 0 radical (unpaired) electrons. The summed E-state index contributed by atoms with van der Waals surface area (Å²) in [5.74, 6) is 0.205. The molecule has 0 spiro atoms. The highest BCUT2D eigenvalue weighted by Crippen LogP contribution is 2.45. The SMILES string of the molecule is CCOc1ccccc1NC(=O)[C@H]1c2ccccc2C(=O)N(CC(C)C)[C@H]1c1cccs1. The van der Waals surface area contributed by atoms with Gasteiger partial charge in [-0.15, -0.1) is 11.3 Å². The number of ether oxygens (including phenoxy) is 1. The Kier molecular flexibility index (Phi) is 6.61. The third-order valence-corrected chi connectivity index (χ3v) is 6.51. The van der Waals surface area contributed by atoms with Gasteiger partial charge in [0.1, 0.15) is 5.75 Å². The number of hydrogen-bond donors (Lipinski definition) is 1. The van der Waals surface area contributed by atoms with Crippen molar-refractivity contribution in [2.24, 2.45) is 5.92 Å². The van der Waals surface area contributed by atoms with Gasteiger partial charge in [0, 0.05) is 17.0 Å². The first-order chi connectivity index (χ1) is 15.5. The maximum absolute atomic E-state index is 13.8. The second kappa shape index (κ2) is 9.57.